The minimum Gasteiger partial charge on any atom is -0.320 e. The fourth-order valence-corrected chi connectivity index (χ4v) is 2.03. The average Bonchev–Trinajstić information content (AvgIpc) is 2.40. The minimum atomic E-state index is -2.59. The molecule has 0 aliphatic carbocycles. The Hall–Kier alpha value is -2.47. The van der Waals surface area contributed by atoms with Crippen molar-refractivity contribution in [3.05, 3.63) is 49.1 Å². The summed E-state index contributed by atoms with van der Waals surface area (Å²) in [7, 11) is -2.59. The Bertz CT molecular complexity index is 787. The Morgan fingerprint density at radius 3 is 2.63 bits per heavy atom. The van der Waals surface area contributed by atoms with Gasteiger partial charge in [-0.3, -0.25) is 4.79 Å². The molecule has 2 aromatic carbocycles. The topological polar surface area (TPSA) is 75.6 Å². The quantitative estimate of drug-likeness (QED) is 0.874. The summed E-state index contributed by atoms with van der Waals surface area (Å²) in [5.74, 6) is -0.426. The molecule has 0 heterocycles. The van der Waals surface area contributed by atoms with Crippen LogP contribution in [0.25, 0.3) is 10.8 Å². The van der Waals surface area contributed by atoms with Crippen LogP contribution in [0.3, 0.4) is 0 Å². The van der Waals surface area contributed by atoms with E-state index >= 15 is 0 Å². The first-order chi connectivity index (χ1) is 9.11. The highest BCUT2D eigenvalue weighted by atomic mass is 32.2. The Labute approximate surface area is 111 Å². The average molecular weight is 274 g/mol. The zero-order valence-corrected chi connectivity index (χ0v) is 10.6. The monoisotopic (exact) mass is 274 g/mol. The normalized spacial score (nSPS) is 9.89. The first-order valence-corrected chi connectivity index (χ1v) is 6.41. The number of fused-ring (bicyclic) bond motifs is 1. The van der Waals surface area contributed by atoms with E-state index in [0.29, 0.717) is 11.1 Å². The van der Waals surface area contributed by atoms with E-state index in [2.05, 4.69) is 16.3 Å². The first kappa shape index (κ1) is 13.0. The van der Waals surface area contributed by atoms with Crippen LogP contribution < -0.4 is 5.32 Å². The summed E-state index contributed by atoms with van der Waals surface area (Å²) in [6, 6.07) is 10.6. The van der Waals surface area contributed by atoms with E-state index in [1.807, 2.05) is 12.1 Å². The van der Waals surface area contributed by atoms with E-state index in [1.165, 1.54) is 6.07 Å². The third-order valence-electron chi connectivity index (χ3n) is 2.51. The van der Waals surface area contributed by atoms with Gasteiger partial charge in [0.05, 0.1) is 5.69 Å². The zero-order valence-electron chi connectivity index (χ0n) is 9.83. The van der Waals surface area contributed by atoms with Crippen molar-refractivity contribution in [2.24, 2.45) is 4.36 Å². The summed E-state index contributed by atoms with van der Waals surface area (Å²) in [4.78, 5) is 11.4. The Morgan fingerprint density at radius 2 is 1.95 bits per heavy atom. The molecule has 0 aliphatic heterocycles. The lowest BCUT2D eigenvalue weighted by Gasteiger charge is -2.09. The van der Waals surface area contributed by atoms with Crippen LogP contribution in [-0.2, 0) is 15.3 Å². The highest BCUT2D eigenvalue weighted by Gasteiger charge is 2.09. The van der Waals surface area contributed by atoms with Gasteiger partial charge in [-0.25, -0.2) is 0 Å². The van der Waals surface area contributed by atoms with Gasteiger partial charge in [0, 0.05) is 5.39 Å². The molecular weight excluding hydrogens is 264 g/mol. The maximum absolute atomic E-state index is 11.4. The predicted molar refractivity (Wildman–Crippen MR) is 73.8 cm³/mol. The van der Waals surface area contributed by atoms with Crippen molar-refractivity contribution in [2.45, 2.75) is 0 Å². The van der Waals surface area contributed by atoms with Crippen LogP contribution in [0.1, 0.15) is 0 Å². The second-order valence-corrected chi connectivity index (χ2v) is 4.30. The number of carbonyl (C=O) groups excluding carboxylic acids is 1. The molecule has 2 aromatic rings. The minimum absolute atomic E-state index is 0.183. The summed E-state index contributed by atoms with van der Waals surface area (Å²) >= 11 is 0. The number of nitrogens with zero attached hydrogens (tertiary/aromatic N) is 1. The van der Waals surface area contributed by atoms with Crippen molar-refractivity contribution in [2.75, 3.05) is 5.32 Å². The second kappa shape index (κ2) is 5.45. The van der Waals surface area contributed by atoms with Crippen molar-refractivity contribution in [3.63, 3.8) is 0 Å². The lowest BCUT2D eigenvalue weighted by Crippen LogP contribution is -2.07. The Morgan fingerprint density at radius 1 is 1.21 bits per heavy atom. The Kier molecular flexibility index (Phi) is 3.72. The maximum Gasteiger partial charge on any atom is 0.316 e. The van der Waals surface area contributed by atoms with E-state index < -0.39 is 16.4 Å². The molecule has 1 amide bonds. The van der Waals surface area contributed by atoms with Crippen molar-refractivity contribution in [3.8, 4) is 0 Å². The summed E-state index contributed by atoms with van der Waals surface area (Å²) in [6.45, 7) is 3.36. The SMILES string of the molecule is C=CC(=O)Nc1c(N=S(=O)=O)ccc2ccccc12. The molecule has 0 fully saturated rings. The largest absolute Gasteiger partial charge is 0.320 e. The number of rotatable bonds is 3. The molecule has 1 N–H and O–H groups in total. The maximum atomic E-state index is 11.4. The van der Waals surface area contributed by atoms with Gasteiger partial charge < -0.3 is 5.32 Å². The van der Waals surface area contributed by atoms with Crippen molar-refractivity contribution < 1.29 is 13.2 Å². The second-order valence-electron chi connectivity index (χ2n) is 3.68. The van der Waals surface area contributed by atoms with E-state index in [1.54, 1.807) is 18.2 Å². The van der Waals surface area contributed by atoms with Crippen molar-refractivity contribution in [1.82, 2.24) is 0 Å². The molecule has 0 atom stereocenters. The van der Waals surface area contributed by atoms with Crippen LogP contribution in [0, 0.1) is 0 Å². The van der Waals surface area contributed by atoms with E-state index in [9.17, 15) is 13.2 Å². The van der Waals surface area contributed by atoms with Crippen molar-refractivity contribution in [1.29, 1.82) is 0 Å². The molecule has 0 aliphatic rings. The van der Waals surface area contributed by atoms with Gasteiger partial charge in [-0.2, -0.15) is 8.42 Å². The summed E-state index contributed by atoms with van der Waals surface area (Å²) in [5.41, 5.74) is 0.537. The smallest absolute Gasteiger partial charge is 0.316 e. The Balaban J connectivity index is 2.74. The fraction of sp³-hybridized carbons (Fsp3) is 0. The van der Waals surface area contributed by atoms with Gasteiger partial charge in [-0.05, 0) is 17.5 Å². The highest BCUT2D eigenvalue weighted by molar-refractivity contribution is 7.61. The van der Waals surface area contributed by atoms with E-state index in [-0.39, 0.29) is 5.69 Å². The summed E-state index contributed by atoms with van der Waals surface area (Å²) < 4.78 is 24.9. The van der Waals surface area contributed by atoms with Crippen LogP contribution in [-0.4, -0.2) is 14.3 Å². The molecule has 0 bridgehead atoms. The van der Waals surface area contributed by atoms with Gasteiger partial charge in [0.15, 0.2) is 0 Å². The number of hydrogen-bond acceptors (Lipinski definition) is 4. The van der Waals surface area contributed by atoms with Crippen LogP contribution >= 0.6 is 0 Å². The highest BCUT2D eigenvalue weighted by Crippen LogP contribution is 2.33. The number of anilines is 1. The van der Waals surface area contributed by atoms with Gasteiger partial charge in [0.2, 0.25) is 5.91 Å². The molecule has 19 heavy (non-hydrogen) atoms. The lowest BCUT2D eigenvalue weighted by molar-refractivity contribution is -0.111. The third-order valence-corrected chi connectivity index (χ3v) is 2.86. The molecule has 6 heteroatoms. The van der Waals surface area contributed by atoms with Crippen molar-refractivity contribution >= 4 is 38.6 Å². The van der Waals surface area contributed by atoms with Crippen LogP contribution in [0.15, 0.2) is 53.4 Å². The molecular formula is C13H10N2O3S. The van der Waals surface area contributed by atoms with E-state index in [0.717, 1.165) is 11.5 Å². The molecule has 0 radical (unpaired) electrons. The van der Waals surface area contributed by atoms with Gasteiger partial charge in [-0.15, -0.1) is 4.36 Å². The number of nitrogens with one attached hydrogen (secondary N) is 1. The lowest BCUT2D eigenvalue weighted by atomic mass is 10.1. The van der Waals surface area contributed by atoms with Crippen LogP contribution in [0.4, 0.5) is 11.4 Å². The molecule has 0 saturated heterocycles. The molecule has 0 unspecified atom stereocenters. The summed E-state index contributed by atoms with van der Waals surface area (Å²) in [5, 5.41) is 4.17. The number of hydrogen-bond donors (Lipinski definition) is 1. The van der Waals surface area contributed by atoms with Crippen LogP contribution in [0.5, 0.6) is 0 Å². The molecule has 0 spiro atoms. The van der Waals surface area contributed by atoms with E-state index in [4.69, 9.17) is 0 Å². The molecule has 0 saturated carbocycles. The zero-order chi connectivity index (χ0) is 13.8. The predicted octanol–water partition coefficient (Wildman–Crippen LogP) is 2.66. The molecule has 96 valence electrons. The number of carbonyl (C=O) groups is 1. The number of amides is 1. The third kappa shape index (κ3) is 2.86. The van der Waals surface area contributed by atoms with Gasteiger partial charge in [0.25, 0.3) is 0 Å². The molecule has 2 rings (SSSR count). The number of benzene rings is 2. The summed E-state index contributed by atoms with van der Waals surface area (Å²) in [6.07, 6.45) is 1.11. The van der Waals surface area contributed by atoms with Crippen LogP contribution in [0.2, 0.25) is 0 Å². The molecule has 0 aromatic heterocycles. The first-order valence-electron chi connectivity index (χ1n) is 5.38. The van der Waals surface area contributed by atoms with Gasteiger partial charge in [-0.1, -0.05) is 36.9 Å². The standard InChI is InChI=1S/C13H10N2O3S/c1-2-12(16)14-13-10-6-4-3-5-9(10)7-8-11(13)15-19(17)18/h2-8H,1H2,(H,14,16). The van der Waals surface area contributed by atoms with Gasteiger partial charge in [0.1, 0.15) is 5.69 Å². The fourth-order valence-electron chi connectivity index (χ4n) is 1.72. The van der Waals surface area contributed by atoms with Gasteiger partial charge >= 0.3 is 10.5 Å². The molecule has 5 nitrogen and oxygen atoms in total.